The van der Waals surface area contributed by atoms with Gasteiger partial charge >= 0.3 is 6.09 Å². The van der Waals surface area contributed by atoms with E-state index in [4.69, 9.17) is 9.47 Å². The molecular weight excluding hydrogens is 280 g/mol. The summed E-state index contributed by atoms with van der Waals surface area (Å²) in [4.78, 5) is 17.3. The minimum absolute atomic E-state index is 0.00240. The fourth-order valence-electron chi connectivity index (χ4n) is 2.68. The van der Waals surface area contributed by atoms with Gasteiger partial charge in [0, 0.05) is 18.4 Å². The van der Waals surface area contributed by atoms with E-state index in [2.05, 4.69) is 4.98 Å². The van der Waals surface area contributed by atoms with Gasteiger partial charge in [0.25, 0.3) is 0 Å². The number of hydrogen-bond donors (Lipinski definition) is 1. The molecule has 0 radical (unpaired) electrons. The zero-order valence-electron chi connectivity index (χ0n) is 14.1. The third kappa shape index (κ3) is 4.77. The predicted octanol–water partition coefficient (Wildman–Crippen LogP) is 3.88. The summed E-state index contributed by atoms with van der Waals surface area (Å²) in [7, 11) is 0. The molecule has 0 spiro atoms. The summed E-state index contributed by atoms with van der Waals surface area (Å²) in [5.41, 5.74) is 0.594. The lowest BCUT2D eigenvalue weighted by Crippen LogP contribution is -2.48. The lowest BCUT2D eigenvalue weighted by molar-refractivity contribution is -0.0217. The summed E-state index contributed by atoms with van der Waals surface area (Å²) in [6, 6.07) is 4.07. The maximum atomic E-state index is 12.3. The number of aromatic nitrogens is 1. The number of nitrogens with zero attached hydrogens (tertiary/aromatic N) is 1. The van der Waals surface area contributed by atoms with Gasteiger partial charge in [0.1, 0.15) is 5.60 Å². The fraction of sp³-hybridized carbons (Fsp3) is 0.706. The number of carbonyl (C=O) groups excluding carboxylic acids is 1. The lowest BCUT2D eigenvalue weighted by atomic mass is 10.0. The summed E-state index contributed by atoms with van der Waals surface area (Å²) in [5, 5.41) is 0. The first-order chi connectivity index (χ1) is 10.4. The van der Waals surface area contributed by atoms with Crippen molar-refractivity contribution in [3.63, 3.8) is 0 Å². The third-order valence-corrected chi connectivity index (χ3v) is 3.85. The summed E-state index contributed by atoms with van der Waals surface area (Å²) in [6.07, 6.45) is 4.79. The summed E-state index contributed by atoms with van der Waals surface area (Å²) in [6.45, 7) is 9.00. The number of amides is 1. The van der Waals surface area contributed by atoms with E-state index in [9.17, 15) is 4.79 Å². The Bertz CT molecular complexity index is 465. The second-order valence-electron chi connectivity index (χ2n) is 6.92. The van der Waals surface area contributed by atoms with Crippen LogP contribution in [0.1, 0.15) is 58.8 Å². The Balaban J connectivity index is 1.90. The molecule has 5 heteroatoms. The maximum absolute atomic E-state index is 12.3. The van der Waals surface area contributed by atoms with Crippen LogP contribution in [0, 0.1) is 0 Å². The largest absolute Gasteiger partial charge is 0.444 e. The highest BCUT2D eigenvalue weighted by Gasteiger charge is 2.30. The summed E-state index contributed by atoms with van der Waals surface area (Å²) in [5.74, 6) is 0. The van der Waals surface area contributed by atoms with E-state index in [-0.39, 0.29) is 18.2 Å². The molecular formula is C17H28N2O3. The molecule has 1 aliphatic heterocycles. The highest BCUT2D eigenvalue weighted by atomic mass is 16.6. The maximum Gasteiger partial charge on any atom is 0.410 e. The number of carbonyl (C=O) groups is 1. The van der Waals surface area contributed by atoms with E-state index in [1.165, 1.54) is 0 Å². The van der Waals surface area contributed by atoms with Crippen molar-refractivity contribution < 1.29 is 14.3 Å². The molecule has 0 aromatic carbocycles. The zero-order chi connectivity index (χ0) is 16.2. The standard InChI is InChI=1S/C17H28N2O3/c1-13(15-9-7-10-18-15)21-12-14-8-5-6-11-19(14)16(20)22-17(2,3)4/h7,9-10,13-14,18H,5-6,8,11-12H2,1-4H3/t13-,14+/m0/s1. The summed E-state index contributed by atoms with van der Waals surface area (Å²) >= 11 is 0. The van der Waals surface area contributed by atoms with Crippen molar-refractivity contribution in [2.45, 2.75) is 64.7 Å². The van der Waals surface area contributed by atoms with Crippen molar-refractivity contribution in [2.24, 2.45) is 0 Å². The number of nitrogens with one attached hydrogen (secondary N) is 1. The molecule has 0 bridgehead atoms. The highest BCUT2D eigenvalue weighted by Crippen LogP contribution is 2.23. The molecule has 2 atom stereocenters. The van der Waals surface area contributed by atoms with E-state index < -0.39 is 5.60 Å². The van der Waals surface area contributed by atoms with Crippen molar-refractivity contribution in [3.05, 3.63) is 24.0 Å². The lowest BCUT2D eigenvalue weighted by Gasteiger charge is -2.37. The third-order valence-electron chi connectivity index (χ3n) is 3.85. The quantitative estimate of drug-likeness (QED) is 0.918. The molecule has 1 aromatic rings. The van der Waals surface area contributed by atoms with Gasteiger partial charge in [-0.3, -0.25) is 0 Å². The molecule has 124 valence electrons. The van der Waals surface area contributed by atoms with Crippen molar-refractivity contribution in [1.82, 2.24) is 9.88 Å². The molecule has 0 saturated carbocycles. The number of H-pyrrole nitrogens is 1. The highest BCUT2D eigenvalue weighted by molar-refractivity contribution is 5.68. The van der Waals surface area contributed by atoms with Crippen LogP contribution in [0.25, 0.3) is 0 Å². The first-order valence-corrected chi connectivity index (χ1v) is 8.11. The van der Waals surface area contributed by atoms with Gasteiger partial charge in [-0.15, -0.1) is 0 Å². The Morgan fingerprint density at radius 3 is 2.86 bits per heavy atom. The smallest absolute Gasteiger partial charge is 0.410 e. The second-order valence-corrected chi connectivity index (χ2v) is 6.92. The van der Waals surface area contributed by atoms with E-state index in [1.807, 2.05) is 50.9 Å². The topological polar surface area (TPSA) is 54.6 Å². The summed E-state index contributed by atoms with van der Waals surface area (Å²) < 4.78 is 11.5. The van der Waals surface area contributed by atoms with Crippen LogP contribution < -0.4 is 0 Å². The van der Waals surface area contributed by atoms with Gasteiger partial charge in [0.05, 0.1) is 18.8 Å². The van der Waals surface area contributed by atoms with E-state index in [1.54, 1.807) is 0 Å². The normalized spacial score (nSPS) is 20.7. The van der Waals surface area contributed by atoms with Gasteiger partial charge in [0.2, 0.25) is 0 Å². The molecule has 1 aliphatic rings. The van der Waals surface area contributed by atoms with Crippen molar-refractivity contribution in [3.8, 4) is 0 Å². The van der Waals surface area contributed by atoms with E-state index in [0.717, 1.165) is 31.5 Å². The number of rotatable bonds is 4. The average molecular weight is 308 g/mol. The van der Waals surface area contributed by atoms with Crippen molar-refractivity contribution in [2.75, 3.05) is 13.2 Å². The number of hydrogen-bond acceptors (Lipinski definition) is 3. The van der Waals surface area contributed by atoms with Gasteiger partial charge in [-0.05, 0) is 59.1 Å². The van der Waals surface area contributed by atoms with Gasteiger partial charge in [-0.1, -0.05) is 0 Å². The molecule has 1 fully saturated rings. The molecule has 1 saturated heterocycles. The first-order valence-electron chi connectivity index (χ1n) is 8.11. The van der Waals surface area contributed by atoms with E-state index in [0.29, 0.717) is 6.61 Å². The monoisotopic (exact) mass is 308 g/mol. The Hall–Kier alpha value is -1.49. The molecule has 22 heavy (non-hydrogen) atoms. The first kappa shape index (κ1) is 16.9. The minimum atomic E-state index is -0.461. The van der Waals surface area contributed by atoms with Crippen LogP contribution in [0.4, 0.5) is 4.79 Å². The Morgan fingerprint density at radius 2 is 2.23 bits per heavy atom. The average Bonchev–Trinajstić information content (AvgIpc) is 2.97. The predicted molar refractivity (Wildman–Crippen MR) is 85.7 cm³/mol. The van der Waals surface area contributed by atoms with Gasteiger partial charge in [0.15, 0.2) is 0 Å². The molecule has 2 rings (SSSR count). The van der Waals surface area contributed by atoms with Gasteiger partial charge in [-0.25, -0.2) is 4.79 Å². The molecule has 1 aromatic heterocycles. The molecule has 0 unspecified atom stereocenters. The molecule has 1 amide bonds. The fourth-order valence-corrected chi connectivity index (χ4v) is 2.68. The van der Waals surface area contributed by atoms with Crippen LogP contribution in [0.2, 0.25) is 0 Å². The van der Waals surface area contributed by atoms with Crippen molar-refractivity contribution in [1.29, 1.82) is 0 Å². The molecule has 2 heterocycles. The van der Waals surface area contributed by atoms with Crippen molar-refractivity contribution >= 4 is 6.09 Å². The van der Waals surface area contributed by atoms with Crippen LogP contribution in [0.5, 0.6) is 0 Å². The second kappa shape index (κ2) is 7.18. The van der Waals surface area contributed by atoms with Crippen LogP contribution in [-0.2, 0) is 9.47 Å². The molecule has 0 aliphatic carbocycles. The Labute approximate surface area is 133 Å². The van der Waals surface area contributed by atoms with Crippen LogP contribution in [-0.4, -0.2) is 40.8 Å². The number of ether oxygens (including phenoxy) is 2. The SMILES string of the molecule is C[C@H](OC[C@H]1CCCCN1C(=O)OC(C)(C)C)c1ccc[nH]1. The van der Waals surface area contributed by atoms with E-state index >= 15 is 0 Å². The van der Waals surface area contributed by atoms with Crippen LogP contribution in [0.15, 0.2) is 18.3 Å². The molecule has 5 nitrogen and oxygen atoms in total. The zero-order valence-corrected chi connectivity index (χ0v) is 14.1. The number of likely N-dealkylation sites (tertiary alicyclic amines) is 1. The number of piperidine rings is 1. The van der Waals surface area contributed by atoms with Gasteiger partial charge < -0.3 is 19.4 Å². The van der Waals surface area contributed by atoms with Crippen LogP contribution >= 0.6 is 0 Å². The minimum Gasteiger partial charge on any atom is -0.444 e. The molecule has 1 N–H and O–H groups in total. The Morgan fingerprint density at radius 1 is 1.45 bits per heavy atom. The number of aromatic amines is 1. The Kier molecular flexibility index (Phi) is 5.51. The van der Waals surface area contributed by atoms with Gasteiger partial charge in [-0.2, -0.15) is 0 Å². The van der Waals surface area contributed by atoms with Crippen LogP contribution in [0.3, 0.4) is 0 Å².